The fraction of sp³-hybridized carbons (Fsp3) is 0.211. The van der Waals surface area contributed by atoms with E-state index in [-0.39, 0.29) is 5.54 Å². The van der Waals surface area contributed by atoms with Crippen LogP contribution >= 0.6 is 0 Å². The number of benzene rings is 2. The quantitative estimate of drug-likeness (QED) is 0.684. The third-order valence-electron chi connectivity index (χ3n) is 3.83. The van der Waals surface area contributed by atoms with Crippen molar-refractivity contribution in [3.05, 3.63) is 78.8 Å². The maximum absolute atomic E-state index is 4.56. The van der Waals surface area contributed by atoms with Crippen molar-refractivity contribution < 1.29 is 0 Å². The maximum Gasteiger partial charge on any atom is 0.0958 e. The van der Waals surface area contributed by atoms with Gasteiger partial charge in [-0.1, -0.05) is 60.7 Å². The highest BCUT2D eigenvalue weighted by Crippen LogP contribution is 2.24. The SMILES string of the molecule is CC(C)(Cc1ccccc1)n1cnc(-c2ccccc2)c1. The summed E-state index contributed by atoms with van der Waals surface area (Å²) in [5, 5.41) is 0. The summed E-state index contributed by atoms with van der Waals surface area (Å²) < 4.78 is 2.21. The average molecular weight is 276 g/mol. The highest BCUT2D eigenvalue weighted by Gasteiger charge is 2.21. The standard InChI is InChI=1S/C19H20N2/c1-19(2,13-16-9-5-3-6-10-16)21-14-18(20-15-21)17-11-7-4-8-12-17/h3-12,14-15H,13H2,1-2H3. The molecule has 1 heterocycles. The van der Waals surface area contributed by atoms with Crippen molar-refractivity contribution in [2.75, 3.05) is 0 Å². The van der Waals surface area contributed by atoms with Gasteiger partial charge >= 0.3 is 0 Å². The Morgan fingerprint density at radius 1 is 0.905 bits per heavy atom. The zero-order valence-electron chi connectivity index (χ0n) is 12.5. The molecular formula is C19H20N2. The van der Waals surface area contributed by atoms with Gasteiger partial charge in [0.05, 0.1) is 12.0 Å². The molecule has 0 radical (unpaired) electrons. The Bertz CT molecular complexity index is 697. The van der Waals surface area contributed by atoms with Crippen LogP contribution in [0.2, 0.25) is 0 Å². The topological polar surface area (TPSA) is 17.8 Å². The van der Waals surface area contributed by atoms with Gasteiger partial charge in [-0.3, -0.25) is 0 Å². The van der Waals surface area contributed by atoms with E-state index in [0.717, 1.165) is 17.7 Å². The molecule has 0 fully saturated rings. The highest BCUT2D eigenvalue weighted by molar-refractivity contribution is 5.57. The third-order valence-corrected chi connectivity index (χ3v) is 3.83. The van der Waals surface area contributed by atoms with Gasteiger partial charge in [0, 0.05) is 17.3 Å². The lowest BCUT2D eigenvalue weighted by molar-refractivity contribution is 0.352. The second-order valence-corrected chi connectivity index (χ2v) is 6.01. The molecular weight excluding hydrogens is 256 g/mol. The molecule has 0 aliphatic heterocycles. The van der Waals surface area contributed by atoms with Crippen molar-refractivity contribution in [2.45, 2.75) is 25.8 Å². The van der Waals surface area contributed by atoms with E-state index in [4.69, 9.17) is 0 Å². The van der Waals surface area contributed by atoms with Crippen molar-refractivity contribution in [2.24, 2.45) is 0 Å². The van der Waals surface area contributed by atoms with E-state index in [2.05, 4.69) is 72.1 Å². The molecule has 0 bridgehead atoms. The Morgan fingerprint density at radius 3 is 2.19 bits per heavy atom. The predicted molar refractivity (Wildman–Crippen MR) is 87.1 cm³/mol. The van der Waals surface area contributed by atoms with Gasteiger partial charge < -0.3 is 4.57 Å². The number of imidazole rings is 1. The molecule has 2 nitrogen and oxygen atoms in total. The lowest BCUT2D eigenvalue weighted by Gasteiger charge is -2.26. The second kappa shape index (κ2) is 5.57. The molecule has 0 unspecified atom stereocenters. The van der Waals surface area contributed by atoms with Gasteiger partial charge in [0.25, 0.3) is 0 Å². The van der Waals surface area contributed by atoms with Crippen LogP contribution in [-0.4, -0.2) is 9.55 Å². The second-order valence-electron chi connectivity index (χ2n) is 6.01. The molecule has 0 amide bonds. The molecule has 106 valence electrons. The van der Waals surface area contributed by atoms with Crippen LogP contribution in [0.4, 0.5) is 0 Å². The van der Waals surface area contributed by atoms with Crippen molar-refractivity contribution in [1.29, 1.82) is 0 Å². The van der Waals surface area contributed by atoms with Gasteiger partial charge in [-0.15, -0.1) is 0 Å². The monoisotopic (exact) mass is 276 g/mol. The summed E-state index contributed by atoms with van der Waals surface area (Å²) in [7, 11) is 0. The number of rotatable bonds is 4. The molecule has 0 atom stereocenters. The fourth-order valence-electron chi connectivity index (χ4n) is 2.60. The number of hydrogen-bond donors (Lipinski definition) is 0. The lowest BCUT2D eigenvalue weighted by Crippen LogP contribution is -2.27. The minimum absolute atomic E-state index is 0.00137. The van der Waals surface area contributed by atoms with Crippen LogP contribution < -0.4 is 0 Å². The van der Waals surface area contributed by atoms with E-state index in [9.17, 15) is 0 Å². The molecule has 0 aliphatic rings. The molecule has 2 aromatic carbocycles. The highest BCUT2D eigenvalue weighted by atomic mass is 15.1. The maximum atomic E-state index is 4.56. The number of aromatic nitrogens is 2. The smallest absolute Gasteiger partial charge is 0.0958 e. The largest absolute Gasteiger partial charge is 0.331 e. The Balaban J connectivity index is 1.85. The van der Waals surface area contributed by atoms with Gasteiger partial charge in [-0.05, 0) is 25.8 Å². The van der Waals surface area contributed by atoms with Crippen molar-refractivity contribution >= 4 is 0 Å². The Kier molecular flexibility index (Phi) is 3.61. The molecule has 0 spiro atoms. The molecule has 0 saturated carbocycles. The molecule has 2 heteroatoms. The Hall–Kier alpha value is -2.35. The number of hydrogen-bond acceptors (Lipinski definition) is 1. The third kappa shape index (κ3) is 3.05. The molecule has 1 aromatic heterocycles. The minimum atomic E-state index is 0.00137. The first-order valence-electron chi connectivity index (χ1n) is 7.29. The first-order chi connectivity index (χ1) is 10.1. The molecule has 0 saturated heterocycles. The molecule has 21 heavy (non-hydrogen) atoms. The van der Waals surface area contributed by atoms with E-state index < -0.39 is 0 Å². The van der Waals surface area contributed by atoms with Crippen LogP contribution in [-0.2, 0) is 12.0 Å². The molecule has 0 N–H and O–H groups in total. The van der Waals surface area contributed by atoms with Crippen LogP contribution in [0.1, 0.15) is 19.4 Å². The summed E-state index contributed by atoms with van der Waals surface area (Å²) >= 11 is 0. The Morgan fingerprint density at radius 2 is 1.52 bits per heavy atom. The van der Waals surface area contributed by atoms with Crippen LogP contribution in [0.3, 0.4) is 0 Å². The zero-order valence-corrected chi connectivity index (χ0v) is 12.5. The first kappa shape index (κ1) is 13.6. The Labute approximate surface area is 126 Å². The lowest BCUT2D eigenvalue weighted by atomic mass is 9.95. The molecule has 0 aliphatic carbocycles. The van der Waals surface area contributed by atoms with Gasteiger partial charge in [-0.2, -0.15) is 0 Å². The van der Waals surface area contributed by atoms with Crippen LogP contribution in [0.5, 0.6) is 0 Å². The summed E-state index contributed by atoms with van der Waals surface area (Å²) in [6.45, 7) is 4.49. The van der Waals surface area contributed by atoms with E-state index in [1.54, 1.807) is 0 Å². The van der Waals surface area contributed by atoms with Gasteiger partial charge in [0.15, 0.2) is 0 Å². The van der Waals surface area contributed by atoms with Crippen LogP contribution in [0.15, 0.2) is 73.2 Å². The summed E-state index contributed by atoms with van der Waals surface area (Å²) in [5.41, 5.74) is 3.53. The van der Waals surface area contributed by atoms with Crippen LogP contribution in [0.25, 0.3) is 11.3 Å². The van der Waals surface area contributed by atoms with Gasteiger partial charge in [-0.25, -0.2) is 4.98 Å². The van der Waals surface area contributed by atoms with E-state index >= 15 is 0 Å². The zero-order chi connectivity index (χ0) is 14.7. The number of nitrogens with zero attached hydrogens (tertiary/aromatic N) is 2. The normalized spacial score (nSPS) is 11.5. The van der Waals surface area contributed by atoms with Crippen molar-refractivity contribution in [3.63, 3.8) is 0 Å². The van der Waals surface area contributed by atoms with Gasteiger partial charge in [0.2, 0.25) is 0 Å². The van der Waals surface area contributed by atoms with E-state index in [1.807, 2.05) is 24.5 Å². The summed E-state index contributed by atoms with van der Waals surface area (Å²) in [6, 6.07) is 20.9. The predicted octanol–water partition coefficient (Wildman–Crippen LogP) is 4.53. The average Bonchev–Trinajstić information content (AvgIpc) is 2.99. The summed E-state index contributed by atoms with van der Waals surface area (Å²) in [4.78, 5) is 4.56. The van der Waals surface area contributed by atoms with Gasteiger partial charge in [0.1, 0.15) is 0 Å². The molecule has 3 rings (SSSR count). The molecule has 3 aromatic rings. The first-order valence-corrected chi connectivity index (χ1v) is 7.29. The van der Waals surface area contributed by atoms with Crippen molar-refractivity contribution in [1.82, 2.24) is 9.55 Å². The minimum Gasteiger partial charge on any atom is -0.331 e. The van der Waals surface area contributed by atoms with E-state index in [0.29, 0.717) is 0 Å². The van der Waals surface area contributed by atoms with Crippen LogP contribution in [0, 0.1) is 0 Å². The fourth-order valence-corrected chi connectivity index (χ4v) is 2.60. The van der Waals surface area contributed by atoms with E-state index in [1.165, 1.54) is 5.56 Å². The summed E-state index contributed by atoms with van der Waals surface area (Å²) in [5.74, 6) is 0. The summed E-state index contributed by atoms with van der Waals surface area (Å²) in [6.07, 6.45) is 5.06. The van der Waals surface area contributed by atoms with Crippen molar-refractivity contribution in [3.8, 4) is 11.3 Å².